The van der Waals surface area contributed by atoms with Crippen molar-refractivity contribution in [1.82, 2.24) is 0 Å². The molecule has 0 heterocycles. The molecule has 0 aliphatic carbocycles. The minimum absolute atomic E-state index is 0.140. The first-order valence-corrected chi connectivity index (χ1v) is 5.96. The molecule has 1 rings (SSSR count). The third-order valence-electron chi connectivity index (χ3n) is 2.50. The Morgan fingerprint density at radius 3 is 2.69 bits per heavy atom. The molecular formula is C11H15BrN2O2. The highest BCUT2D eigenvalue weighted by atomic mass is 79.9. The Hall–Kier alpha value is -1.10. The first-order valence-electron chi connectivity index (χ1n) is 5.16. The van der Waals surface area contributed by atoms with Crippen LogP contribution in [0.4, 0.5) is 11.4 Å². The average molecular weight is 287 g/mol. The average Bonchev–Trinajstić information content (AvgIpc) is 2.22. The van der Waals surface area contributed by atoms with Gasteiger partial charge in [-0.1, -0.05) is 6.92 Å². The molecule has 0 bridgehead atoms. The van der Waals surface area contributed by atoms with Crippen molar-refractivity contribution in [1.29, 1.82) is 0 Å². The Labute approximate surface area is 103 Å². The van der Waals surface area contributed by atoms with Crippen molar-refractivity contribution >= 4 is 27.3 Å². The monoisotopic (exact) mass is 286 g/mol. The summed E-state index contributed by atoms with van der Waals surface area (Å²) in [7, 11) is 0. The number of nitrogens with zero attached hydrogens (tertiary/aromatic N) is 1. The van der Waals surface area contributed by atoms with Gasteiger partial charge in [-0.2, -0.15) is 0 Å². The van der Waals surface area contributed by atoms with Crippen LogP contribution in [0.15, 0.2) is 16.6 Å². The topological polar surface area (TPSA) is 55.2 Å². The summed E-state index contributed by atoms with van der Waals surface area (Å²) in [5.74, 6) is 0. The molecule has 88 valence electrons. The molecule has 1 aromatic carbocycles. The molecule has 0 saturated carbocycles. The van der Waals surface area contributed by atoms with Crippen LogP contribution in [-0.2, 0) is 0 Å². The summed E-state index contributed by atoms with van der Waals surface area (Å²) >= 11 is 3.34. The number of benzene rings is 1. The molecule has 0 spiro atoms. The van der Waals surface area contributed by atoms with Gasteiger partial charge in [-0.3, -0.25) is 10.1 Å². The third kappa shape index (κ3) is 2.95. The lowest BCUT2D eigenvalue weighted by atomic mass is 10.1. The lowest BCUT2D eigenvalue weighted by Gasteiger charge is -2.15. The number of hydrogen-bond donors (Lipinski definition) is 1. The molecular weight excluding hydrogens is 272 g/mol. The highest BCUT2D eigenvalue weighted by Gasteiger charge is 2.14. The Morgan fingerprint density at radius 1 is 1.56 bits per heavy atom. The van der Waals surface area contributed by atoms with E-state index in [-0.39, 0.29) is 10.6 Å². The van der Waals surface area contributed by atoms with E-state index < -0.39 is 0 Å². The van der Waals surface area contributed by atoms with Gasteiger partial charge in [0.05, 0.1) is 4.92 Å². The van der Waals surface area contributed by atoms with Crippen LogP contribution in [0.25, 0.3) is 0 Å². The second-order valence-corrected chi connectivity index (χ2v) is 4.68. The highest BCUT2D eigenvalue weighted by molar-refractivity contribution is 9.10. The minimum Gasteiger partial charge on any atom is -0.382 e. The number of halogens is 1. The van der Waals surface area contributed by atoms with Crippen molar-refractivity contribution in [3.8, 4) is 0 Å². The number of anilines is 1. The quantitative estimate of drug-likeness (QED) is 0.675. The molecule has 1 atom stereocenters. The fraction of sp³-hybridized carbons (Fsp3) is 0.455. The highest BCUT2D eigenvalue weighted by Crippen LogP contribution is 2.31. The van der Waals surface area contributed by atoms with Crippen LogP contribution in [0.5, 0.6) is 0 Å². The van der Waals surface area contributed by atoms with Crippen LogP contribution < -0.4 is 5.32 Å². The zero-order valence-corrected chi connectivity index (χ0v) is 11.2. The Bertz CT molecular complexity index is 407. The van der Waals surface area contributed by atoms with Crippen molar-refractivity contribution < 1.29 is 4.92 Å². The first kappa shape index (κ1) is 13.0. The molecule has 1 aromatic rings. The maximum absolute atomic E-state index is 10.7. The molecule has 0 aliphatic heterocycles. The molecule has 16 heavy (non-hydrogen) atoms. The Kier molecular flexibility index (Phi) is 4.29. The van der Waals surface area contributed by atoms with Gasteiger partial charge in [-0.05, 0) is 42.3 Å². The number of rotatable bonds is 4. The van der Waals surface area contributed by atoms with Crippen LogP contribution in [0.2, 0.25) is 0 Å². The molecule has 1 unspecified atom stereocenters. The Balaban J connectivity index is 3.05. The van der Waals surface area contributed by atoms with Gasteiger partial charge in [0, 0.05) is 27.8 Å². The van der Waals surface area contributed by atoms with E-state index in [4.69, 9.17) is 0 Å². The molecule has 0 aliphatic rings. The zero-order chi connectivity index (χ0) is 12.3. The Morgan fingerprint density at radius 2 is 2.19 bits per heavy atom. The van der Waals surface area contributed by atoms with Crippen molar-refractivity contribution in [2.45, 2.75) is 33.2 Å². The standard InChI is InChI=1S/C11H15BrN2O2/c1-4-8(3)13-10-5-7(2)11(14(15)16)6-9(10)12/h5-6,8,13H,4H2,1-3H3. The summed E-state index contributed by atoms with van der Waals surface area (Å²) in [5.41, 5.74) is 1.71. The van der Waals surface area contributed by atoms with Crippen LogP contribution >= 0.6 is 15.9 Å². The van der Waals surface area contributed by atoms with Crippen molar-refractivity contribution in [3.63, 3.8) is 0 Å². The van der Waals surface area contributed by atoms with E-state index in [1.807, 2.05) is 0 Å². The largest absolute Gasteiger partial charge is 0.382 e. The fourth-order valence-electron chi connectivity index (χ4n) is 1.35. The van der Waals surface area contributed by atoms with Crippen molar-refractivity contribution in [2.75, 3.05) is 5.32 Å². The molecule has 0 amide bonds. The SMILES string of the molecule is CCC(C)Nc1cc(C)c([N+](=O)[O-])cc1Br. The lowest BCUT2D eigenvalue weighted by molar-refractivity contribution is -0.385. The van der Waals surface area contributed by atoms with Crippen molar-refractivity contribution in [3.05, 3.63) is 32.3 Å². The van der Waals surface area contributed by atoms with E-state index >= 15 is 0 Å². The summed E-state index contributed by atoms with van der Waals surface area (Å²) in [6.45, 7) is 5.90. The number of nitro benzene ring substituents is 1. The molecule has 0 aromatic heterocycles. The maximum Gasteiger partial charge on any atom is 0.273 e. The maximum atomic E-state index is 10.7. The summed E-state index contributed by atoms with van der Waals surface area (Å²) in [4.78, 5) is 10.4. The second kappa shape index (κ2) is 5.30. The lowest BCUT2D eigenvalue weighted by Crippen LogP contribution is -2.14. The molecule has 0 saturated heterocycles. The second-order valence-electron chi connectivity index (χ2n) is 3.83. The molecule has 5 heteroatoms. The third-order valence-corrected chi connectivity index (χ3v) is 3.15. The van der Waals surface area contributed by atoms with Crippen LogP contribution in [0, 0.1) is 17.0 Å². The molecule has 0 radical (unpaired) electrons. The summed E-state index contributed by atoms with van der Waals surface area (Å²) in [6.07, 6.45) is 1.00. The summed E-state index contributed by atoms with van der Waals surface area (Å²) in [6, 6.07) is 3.69. The van der Waals surface area contributed by atoms with E-state index in [1.54, 1.807) is 19.1 Å². The van der Waals surface area contributed by atoms with Gasteiger partial charge in [0.15, 0.2) is 0 Å². The fourth-order valence-corrected chi connectivity index (χ4v) is 1.79. The van der Waals surface area contributed by atoms with Gasteiger partial charge < -0.3 is 5.32 Å². The smallest absolute Gasteiger partial charge is 0.273 e. The van der Waals surface area contributed by atoms with Crippen LogP contribution in [0.1, 0.15) is 25.8 Å². The molecule has 0 fully saturated rings. The molecule has 4 nitrogen and oxygen atoms in total. The van der Waals surface area contributed by atoms with Gasteiger partial charge in [0.2, 0.25) is 0 Å². The van der Waals surface area contributed by atoms with E-state index in [0.717, 1.165) is 16.6 Å². The van der Waals surface area contributed by atoms with Gasteiger partial charge in [-0.25, -0.2) is 0 Å². The van der Waals surface area contributed by atoms with Gasteiger partial charge in [0.1, 0.15) is 0 Å². The van der Waals surface area contributed by atoms with E-state index in [2.05, 4.69) is 35.1 Å². The first-order chi connectivity index (χ1) is 7.45. The number of hydrogen-bond acceptors (Lipinski definition) is 3. The van der Waals surface area contributed by atoms with Crippen LogP contribution in [0.3, 0.4) is 0 Å². The van der Waals surface area contributed by atoms with E-state index in [0.29, 0.717) is 11.6 Å². The van der Waals surface area contributed by atoms with E-state index in [1.165, 1.54) is 0 Å². The van der Waals surface area contributed by atoms with Crippen molar-refractivity contribution in [2.24, 2.45) is 0 Å². The van der Waals surface area contributed by atoms with Gasteiger partial charge >= 0.3 is 0 Å². The number of nitro groups is 1. The van der Waals surface area contributed by atoms with Gasteiger partial charge in [-0.15, -0.1) is 0 Å². The van der Waals surface area contributed by atoms with E-state index in [9.17, 15) is 10.1 Å². The normalized spacial score (nSPS) is 12.2. The predicted octanol–water partition coefficient (Wildman–Crippen LogP) is 3.88. The summed E-state index contributed by atoms with van der Waals surface area (Å²) in [5, 5.41) is 14.0. The number of aryl methyl sites for hydroxylation is 1. The zero-order valence-electron chi connectivity index (χ0n) is 9.58. The molecule has 1 N–H and O–H groups in total. The summed E-state index contributed by atoms with van der Waals surface area (Å²) < 4.78 is 0.727. The predicted molar refractivity (Wildman–Crippen MR) is 68.9 cm³/mol. The van der Waals surface area contributed by atoms with Gasteiger partial charge in [0.25, 0.3) is 5.69 Å². The van der Waals surface area contributed by atoms with Crippen LogP contribution in [-0.4, -0.2) is 11.0 Å². The number of nitrogens with one attached hydrogen (secondary N) is 1. The minimum atomic E-state index is -0.368.